The van der Waals surface area contributed by atoms with Gasteiger partial charge in [0.15, 0.2) is 0 Å². The molecule has 4 aromatic rings. The Kier molecular flexibility index (Phi) is 8.87. The molecule has 0 aliphatic heterocycles. The third-order valence-electron chi connectivity index (χ3n) is 5.90. The van der Waals surface area contributed by atoms with Crippen molar-refractivity contribution in [1.82, 2.24) is 9.29 Å². The van der Waals surface area contributed by atoms with Crippen LogP contribution >= 0.6 is 11.6 Å². The van der Waals surface area contributed by atoms with Crippen LogP contribution in [0.5, 0.6) is 5.75 Å². The second-order valence-corrected chi connectivity index (χ2v) is 10.9. The Bertz CT molecular complexity index is 1450. The molecule has 0 bridgehead atoms. The Morgan fingerprint density at radius 2 is 1.73 bits per heavy atom. The van der Waals surface area contributed by atoms with Crippen LogP contribution < -0.4 is 14.8 Å². The third-order valence-corrected chi connectivity index (χ3v) is 7.63. The topological polar surface area (TPSA) is 89.4 Å². The molecule has 37 heavy (non-hydrogen) atoms. The highest BCUT2D eigenvalue weighted by Gasteiger charge is 2.15. The number of halogens is 1. The molecule has 0 aliphatic carbocycles. The van der Waals surface area contributed by atoms with E-state index in [2.05, 4.69) is 17.0 Å². The number of ether oxygens (including phenoxy) is 1. The van der Waals surface area contributed by atoms with Crippen LogP contribution in [0.3, 0.4) is 0 Å². The van der Waals surface area contributed by atoms with Gasteiger partial charge in [0, 0.05) is 34.4 Å². The van der Waals surface area contributed by atoms with Gasteiger partial charge in [0.1, 0.15) is 12.3 Å². The minimum absolute atomic E-state index is 0.127. The molecule has 3 aromatic carbocycles. The largest absolute Gasteiger partial charge is 0.494 e. The Balaban J connectivity index is 1.39. The van der Waals surface area contributed by atoms with E-state index in [9.17, 15) is 13.2 Å². The average Bonchev–Trinajstić information content (AvgIpc) is 3.23. The highest BCUT2D eigenvalue weighted by atomic mass is 35.5. The number of hydrogen-bond donors (Lipinski definition) is 2. The predicted molar refractivity (Wildman–Crippen MR) is 148 cm³/mol. The zero-order valence-corrected chi connectivity index (χ0v) is 22.2. The number of unbranched alkanes of at least 4 members (excludes halogenated alkanes) is 1. The lowest BCUT2D eigenvalue weighted by molar-refractivity contribution is -0.116. The number of rotatable bonds is 12. The summed E-state index contributed by atoms with van der Waals surface area (Å²) in [7, 11) is -3.66. The summed E-state index contributed by atoms with van der Waals surface area (Å²) in [5.74, 6) is 0.484. The molecule has 0 radical (unpaired) electrons. The molecule has 2 N–H and O–H groups in total. The van der Waals surface area contributed by atoms with Gasteiger partial charge < -0.3 is 14.6 Å². The summed E-state index contributed by atoms with van der Waals surface area (Å²) in [6.45, 7) is 3.04. The summed E-state index contributed by atoms with van der Waals surface area (Å²) >= 11 is 5.91. The summed E-state index contributed by atoms with van der Waals surface area (Å²) in [5.41, 5.74) is 2.53. The SMILES string of the molecule is CCCCOc1ccc(S(=O)(=O)NCCc2cn(CC(=O)Nc3ccc(Cl)cc3)c3ccccc23)cc1. The van der Waals surface area contributed by atoms with Crippen LogP contribution in [0.2, 0.25) is 5.02 Å². The quantitative estimate of drug-likeness (QED) is 0.228. The first-order valence-corrected chi connectivity index (χ1v) is 14.1. The average molecular weight is 540 g/mol. The first kappa shape index (κ1) is 26.7. The van der Waals surface area contributed by atoms with Crippen molar-refractivity contribution in [3.8, 4) is 5.75 Å². The molecule has 0 spiro atoms. The van der Waals surface area contributed by atoms with Gasteiger partial charge in [0.05, 0.1) is 11.5 Å². The van der Waals surface area contributed by atoms with E-state index in [4.69, 9.17) is 16.3 Å². The summed E-state index contributed by atoms with van der Waals surface area (Å²) < 4.78 is 35.7. The van der Waals surface area contributed by atoms with E-state index in [-0.39, 0.29) is 23.9 Å². The second kappa shape index (κ2) is 12.3. The lowest BCUT2D eigenvalue weighted by atomic mass is 10.1. The summed E-state index contributed by atoms with van der Waals surface area (Å²) in [5, 5.41) is 4.45. The van der Waals surface area contributed by atoms with Crippen molar-refractivity contribution in [2.45, 2.75) is 37.6 Å². The van der Waals surface area contributed by atoms with E-state index in [1.54, 1.807) is 48.5 Å². The molecule has 1 amide bonds. The van der Waals surface area contributed by atoms with Crippen molar-refractivity contribution in [1.29, 1.82) is 0 Å². The minimum atomic E-state index is -3.66. The van der Waals surface area contributed by atoms with Crippen LogP contribution in [-0.2, 0) is 27.8 Å². The van der Waals surface area contributed by atoms with Crippen molar-refractivity contribution in [3.05, 3.63) is 89.6 Å². The summed E-state index contributed by atoms with van der Waals surface area (Å²) in [4.78, 5) is 12.8. The van der Waals surface area contributed by atoms with Gasteiger partial charge in [0.25, 0.3) is 0 Å². The number of carbonyl (C=O) groups is 1. The van der Waals surface area contributed by atoms with Crippen LogP contribution in [0.1, 0.15) is 25.3 Å². The van der Waals surface area contributed by atoms with Crippen molar-refractivity contribution >= 4 is 44.1 Å². The van der Waals surface area contributed by atoms with Gasteiger partial charge >= 0.3 is 0 Å². The van der Waals surface area contributed by atoms with Crippen LogP contribution in [0, 0.1) is 0 Å². The monoisotopic (exact) mass is 539 g/mol. The molecule has 1 aromatic heterocycles. The van der Waals surface area contributed by atoms with Gasteiger partial charge in [-0.05, 0) is 73.0 Å². The highest BCUT2D eigenvalue weighted by molar-refractivity contribution is 7.89. The Hall–Kier alpha value is -3.33. The highest BCUT2D eigenvalue weighted by Crippen LogP contribution is 2.23. The number of benzene rings is 3. The molecule has 0 unspecified atom stereocenters. The Morgan fingerprint density at radius 3 is 2.46 bits per heavy atom. The number of nitrogens with zero attached hydrogens (tertiary/aromatic N) is 1. The van der Waals surface area contributed by atoms with Gasteiger partial charge in [-0.25, -0.2) is 13.1 Å². The maximum atomic E-state index is 12.8. The molecule has 0 saturated heterocycles. The van der Waals surface area contributed by atoms with Gasteiger partial charge in [-0.1, -0.05) is 43.1 Å². The molecule has 4 rings (SSSR count). The fourth-order valence-corrected chi connectivity index (χ4v) is 5.15. The molecule has 0 saturated carbocycles. The first-order chi connectivity index (χ1) is 17.9. The van der Waals surface area contributed by atoms with Crippen LogP contribution in [0.4, 0.5) is 5.69 Å². The number of fused-ring (bicyclic) bond motifs is 1. The van der Waals surface area contributed by atoms with Gasteiger partial charge in [-0.2, -0.15) is 0 Å². The number of carbonyl (C=O) groups excluding carboxylic acids is 1. The predicted octanol–water partition coefficient (Wildman–Crippen LogP) is 5.63. The van der Waals surface area contributed by atoms with Crippen molar-refractivity contribution < 1.29 is 17.9 Å². The number of sulfonamides is 1. The van der Waals surface area contributed by atoms with Gasteiger partial charge in [0.2, 0.25) is 15.9 Å². The zero-order chi connectivity index (χ0) is 26.3. The van der Waals surface area contributed by atoms with Gasteiger partial charge in [-0.3, -0.25) is 4.79 Å². The Labute approximate surface area is 222 Å². The van der Waals surface area contributed by atoms with Crippen molar-refractivity contribution in [2.75, 3.05) is 18.5 Å². The van der Waals surface area contributed by atoms with Crippen LogP contribution in [0.25, 0.3) is 10.9 Å². The number of hydrogen-bond acceptors (Lipinski definition) is 4. The number of para-hydroxylation sites is 1. The van der Waals surface area contributed by atoms with Gasteiger partial charge in [-0.15, -0.1) is 0 Å². The lowest BCUT2D eigenvalue weighted by Crippen LogP contribution is -2.26. The zero-order valence-electron chi connectivity index (χ0n) is 20.6. The lowest BCUT2D eigenvalue weighted by Gasteiger charge is -2.09. The van der Waals surface area contributed by atoms with E-state index in [1.807, 2.05) is 35.0 Å². The molecule has 0 atom stereocenters. The maximum absolute atomic E-state index is 12.8. The Morgan fingerprint density at radius 1 is 1.00 bits per heavy atom. The van der Waals surface area contributed by atoms with Crippen molar-refractivity contribution in [2.24, 2.45) is 0 Å². The minimum Gasteiger partial charge on any atom is -0.494 e. The molecule has 1 heterocycles. The van der Waals surface area contributed by atoms with E-state index in [0.29, 0.717) is 29.5 Å². The van der Waals surface area contributed by atoms with E-state index in [1.165, 1.54) is 0 Å². The van der Waals surface area contributed by atoms with Crippen LogP contribution in [-0.4, -0.2) is 32.0 Å². The van der Waals surface area contributed by atoms with Crippen molar-refractivity contribution in [3.63, 3.8) is 0 Å². The molecular weight excluding hydrogens is 510 g/mol. The molecule has 9 heteroatoms. The smallest absolute Gasteiger partial charge is 0.244 e. The second-order valence-electron chi connectivity index (χ2n) is 8.68. The molecule has 0 fully saturated rings. The fraction of sp³-hybridized carbons (Fsp3) is 0.250. The van der Waals surface area contributed by atoms with E-state index in [0.717, 1.165) is 29.3 Å². The summed E-state index contributed by atoms with van der Waals surface area (Å²) in [6, 6.07) is 21.2. The number of aromatic nitrogens is 1. The molecule has 0 aliphatic rings. The van der Waals surface area contributed by atoms with E-state index < -0.39 is 10.0 Å². The molecule has 7 nitrogen and oxygen atoms in total. The van der Waals surface area contributed by atoms with E-state index >= 15 is 0 Å². The third kappa shape index (κ3) is 7.13. The maximum Gasteiger partial charge on any atom is 0.244 e. The fourth-order valence-electron chi connectivity index (χ4n) is 3.99. The number of amides is 1. The molecular formula is C28H30ClN3O4S. The normalized spacial score (nSPS) is 11.5. The number of anilines is 1. The summed E-state index contributed by atoms with van der Waals surface area (Å²) in [6.07, 6.45) is 4.36. The first-order valence-electron chi connectivity index (χ1n) is 12.2. The van der Waals surface area contributed by atoms with Crippen LogP contribution in [0.15, 0.2) is 83.9 Å². The molecule has 194 valence electrons. The number of nitrogens with one attached hydrogen (secondary N) is 2. The standard InChI is InChI=1S/C28H30ClN3O4S/c1-2-3-18-36-24-12-14-25(15-13-24)37(34,35)30-17-16-21-19-32(27-7-5-4-6-26(21)27)20-28(33)31-23-10-8-22(29)9-11-23/h4-15,19,30H,2-3,16-18,20H2,1H3,(H,31,33).